The van der Waals surface area contributed by atoms with Crippen molar-refractivity contribution in [2.45, 2.75) is 19.4 Å². The number of hydrogen-bond donors (Lipinski definition) is 0. The maximum atomic E-state index is 11.9. The number of allylic oxidation sites excluding steroid dienone is 2. The highest BCUT2D eigenvalue weighted by Gasteiger charge is 2.41. The largest absolute Gasteiger partial charge is 0.302 e. The smallest absolute Gasteiger partial charge is 0.180 e. The summed E-state index contributed by atoms with van der Waals surface area (Å²) in [5.41, 5.74) is 1.13. The second kappa shape index (κ2) is 3.87. The Morgan fingerprint density at radius 2 is 1.88 bits per heavy atom. The lowest BCUT2D eigenvalue weighted by molar-refractivity contribution is -0.136. The standard InChI is InChI=1S/C12H16N2O2/c1-8-6-9-10(15)4-5-11(16)12(9)14(7-8)13(2)3/h4-5,7,9,12H,6H2,1-3H3. The molecule has 0 spiro atoms. The summed E-state index contributed by atoms with van der Waals surface area (Å²) in [5.74, 6) is -0.143. The molecule has 2 rings (SSSR count). The summed E-state index contributed by atoms with van der Waals surface area (Å²) < 4.78 is 0. The highest BCUT2D eigenvalue weighted by molar-refractivity contribution is 6.09. The van der Waals surface area contributed by atoms with Crippen molar-refractivity contribution in [3.8, 4) is 0 Å². The van der Waals surface area contributed by atoms with Crippen LogP contribution in [-0.4, -0.2) is 41.7 Å². The molecule has 2 unspecified atom stereocenters. The van der Waals surface area contributed by atoms with Crippen LogP contribution in [0, 0.1) is 5.92 Å². The molecule has 0 aromatic carbocycles. The van der Waals surface area contributed by atoms with Gasteiger partial charge >= 0.3 is 0 Å². The van der Waals surface area contributed by atoms with Gasteiger partial charge in [0.1, 0.15) is 6.04 Å². The lowest BCUT2D eigenvalue weighted by Gasteiger charge is -2.42. The van der Waals surface area contributed by atoms with E-state index in [1.54, 1.807) is 0 Å². The van der Waals surface area contributed by atoms with Gasteiger partial charge in [-0.05, 0) is 25.5 Å². The predicted molar refractivity (Wildman–Crippen MR) is 60.3 cm³/mol. The fraction of sp³-hybridized carbons (Fsp3) is 0.500. The van der Waals surface area contributed by atoms with Gasteiger partial charge in [0, 0.05) is 20.3 Å². The van der Waals surface area contributed by atoms with E-state index in [-0.39, 0.29) is 23.5 Å². The van der Waals surface area contributed by atoms with Crippen molar-refractivity contribution < 1.29 is 9.59 Å². The zero-order valence-corrected chi connectivity index (χ0v) is 9.80. The van der Waals surface area contributed by atoms with E-state index in [0.717, 1.165) is 5.57 Å². The number of hydrazine groups is 1. The quantitative estimate of drug-likeness (QED) is 0.654. The van der Waals surface area contributed by atoms with E-state index in [9.17, 15) is 9.59 Å². The Morgan fingerprint density at radius 1 is 1.25 bits per heavy atom. The molecule has 4 nitrogen and oxygen atoms in total. The fourth-order valence-corrected chi connectivity index (χ4v) is 2.34. The fourth-order valence-electron chi connectivity index (χ4n) is 2.34. The van der Waals surface area contributed by atoms with E-state index in [1.807, 2.05) is 37.2 Å². The molecule has 0 saturated carbocycles. The van der Waals surface area contributed by atoms with E-state index < -0.39 is 0 Å². The zero-order chi connectivity index (χ0) is 11.9. The van der Waals surface area contributed by atoms with Crippen molar-refractivity contribution in [2.24, 2.45) is 5.92 Å². The van der Waals surface area contributed by atoms with Crippen molar-refractivity contribution in [3.63, 3.8) is 0 Å². The van der Waals surface area contributed by atoms with Crippen LogP contribution in [0.5, 0.6) is 0 Å². The summed E-state index contributed by atoms with van der Waals surface area (Å²) in [6, 6.07) is -0.351. The summed E-state index contributed by atoms with van der Waals surface area (Å²) in [6.45, 7) is 1.99. The molecule has 2 atom stereocenters. The second-order valence-corrected chi connectivity index (χ2v) is 4.60. The first kappa shape index (κ1) is 11.1. The minimum absolute atomic E-state index is 0.0158. The molecule has 0 radical (unpaired) electrons. The molecule has 2 aliphatic rings. The van der Waals surface area contributed by atoms with Crippen molar-refractivity contribution in [3.05, 3.63) is 23.9 Å². The Hall–Kier alpha value is -1.42. The van der Waals surface area contributed by atoms with Gasteiger partial charge in [-0.1, -0.05) is 5.57 Å². The molecule has 0 aromatic heterocycles. The number of rotatable bonds is 1. The van der Waals surface area contributed by atoms with Crippen LogP contribution in [0.3, 0.4) is 0 Å². The minimum Gasteiger partial charge on any atom is -0.302 e. The summed E-state index contributed by atoms with van der Waals surface area (Å²) in [6.07, 6.45) is 5.44. The van der Waals surface area contributed by atoms with Crippen LogP contribution < -0.4 is 0 Å². The monoisotopic (exact) mass is 220 g/mol. The van der Waals surface area contributed by atoms with Gasteiger partial charge in [-0.3, -0.25) is 9.59 Å². The average Bonchev–Trinajstić information content (AvgIpc) is 2.22. The first-order chi connectivity index (χ1) is 7.50. The van der Waals surface area contributed by atoms with Gasteiger partial charge in [0.2, 0.25) is 0 Å². The van der Waals surface area contributed by atoms with Gasteiger partial charge in [0.05, 0.1) is 5.92 Å². The van der Waals surface area contributed by atoms with E-state index in [2.05, 4.69) is 0 Å². The number of fused-ring (bicyclic) bond motifs is 1. The zero-order valence-electron chi connectivity index (χ0n) is 9.80. The molecule has 0 fully saturated rings. The van der Waals surface area contributed by atoms with E-state index in [0.29, 0.717) is 6.42 Å². The number of ketones is 2. The third-order valence-corrected chi connectivity index (χ3v) is 3.09. The summed E-state index contributed by atoms with van der Waals surface area (Å²) in [4.78, 5) is 23.6. The first-order valence-electron chi connectivity index (χ1n) is 5.39. The van der Waals surface area contributed by atoms with Crippen LogP contribution in [-0.2, 0) is 9.59 Å². The van der Waals surface area contributed by atoms with Crippen LogP contribution in [0.25, 0.3) is 0 Å². The molecular weight excluding hydrogens is 204 g/mol. The van der Waals surface area contributed by atoms with E-state index >= 15 is 0 Å². The van der Waals surface area contributed by atoms with Gasteiger partial charge < -0.3 is 5.01 Å². The van der Waals surface area contributed by atoms with Gasteiger partial charge in [0.25, 0.3) is 0 Å². The van der Waals surface area contributed by atoms with Crippen LogP contribution in [0.1, 0.15) is 13.3 Å². The van der Waals surface area contributed by atoms with E-state index in [4.69, 9.17) is 0 Å². The molecule has 0 N–H and O–H groups in total. The molecular formula is C12H16N2O2. The maximum Gasteiger partial charge on any atom is 0.180 e. The highest BCUT2D eigenvalue weighted by Crippen LogP contribution is 2.30. The molecule has 1 aliphatic heterocycles. The Balaban J connectivity index is 2.41. The molecule has 4 heteroatoms. The van der Waals surface area contributed by atoms with Crippen molar-refractivity contribution >= 4 is 11.6 Å². The predicted octanol–water partition coefficient (Wildman–Crippen LogP) is 0.765. The first-order valence-corrected chi connectivity index (χ1v) is 5.39. The van der Waals surface area contributed by atoms with Crippen LogP contribution in [0.15, 0.2) is 23.9 Å². The minimum atomic E-state index is -0.351. The number of carbonyl (C=O) groups is 2. The lowest BCUT2D eigenvalue weighted by atomic mass is 9.80. The topological polar surface area (TPSA) is 40.6 Å². The second-order valence-electron chi connectivity index (χ2n) is 4.60. The van der Waals surface area contributed by atoms with Crippen LogP contribution in [0.2, 0.25) is 0 Å². The summed E-state index contributed by atoms with van der Waals surface area (Å²) >= 11 is 0. The molecule has 0 amide bonds. The van der Waals surface area contributed by atoms with Gasteiger partial charge in [-0.15, -0.1) is 0 Å². The Bertz CT molecular complexity index is 396. The van der Waals surface area contributed by atoms with Crippen molar-refractivity contribution in [1.29, 1.82) is 0 Å². The molecule has 0 saturated heterocycles. The normalized spacial score (nSPS) is 29.5. The number of nitrogens with zero attached hydrogens (tertiary/aromatic N) is 2. The Labute approximate surface area is 95.2 Å². The van der Waals surface area contributed by atoms with Gasteiger partial charge in [-0.25, -0.2) is 5.01 Å². The Morgan fingerprint density at radius 3 is 2.50 bits per heavy atom. The Kier molecular flexibility index (Phi) is 2.68. The molecule has 0 bridgehead atoms. The lowest BCUT2D eigenvalue weighted by Crippen LogP contribution is -2.54. The third kappa shape index (κ3) is 1.69. The summed E-state index contributed by atoms with van der Waals surface area (Å²) in [5, 5.41) is 3.71. The number of carbonyl (C=O) groups excluding carboxylic acids is 2. The van der Waals surface area contributed by atoms with Crippen molar-refractivity contribution in [2.75, 3.05) is 14.1 Å². The molecule has 16 heavy (non-hydrogen) atoms. The maximum absolute atomic E-state index is 11.9. The number of hydrogen-bond acceptors (Lipinski definition) is 4. The molecule has 1 heterocycles. The average molecular weight is 220 g/mol. The van der Waals surface area contributed by atoms with Gasteiger partial charge in [0.15, 0.2) is 11.6 Å². The van der Waals surface area contributed by atoms with Crippen molar-refractivity contribution in [1.82, 2.24) is 10.0 Å². The van der Waals surface area contributed by atoms with Crippen LogP contribution >= 0.6 is 0 Å². The molecule has 1 aliphatic carbocycles. The molecule has 86 valence electrons. The summed E-state index contributed by atoms with van der Waals surface area (Å²) in [7, 11) is 3.75. The van der Waals surface area contributed by atoms with E-state index in [1.165, 1.54) is 12.2 Å². The van der Waals surface area contributed by atoms with Crippen LogP contribution in [0.4, 0.5) is 0 Å². The highest BCUT2D eigenvalue weighted by atomic mass is 16.1. The third-order valence-electron chi connectivity index (χ3n) is 3.09. The van der Waals surface area contributed by atoms with Gasteiger partial charge in [-0.2, -0.15) is 0 Å². The SMILES string of the molecule is CC1=CN(N(C)C)C2C(=O)C=CC(=O)C2C1. The molecule has 0 aromatic rings.